The van der Waals surface area contributed by atoms with Crippen molar-refractivity contribution in [3.05, 3.63) is 72.9 Å². The topological polar surface area (TPSA) is 210 Å². The lowest BCUT2D eigenvalue weighted by Gasteiger charge is -2.41. The van der Waals surface area contributed by atoms with Gasteiger partial charge in [0.15, 0.2) is 6.10 Å². The van der Waals surface area contributed by atoms with Gasteiger partial charge in [0.2, 0.25) is 0 Å². The van der Waals surface area contributed by atoms with Crippen molar-refractivity contribution in [3.63, 3.8) is 0 Å². The molecule has 0 bridgehead atoms. The number of phosphoric ester groups is 1. The number of unbranched alkanes of at least 4 members (excludes halogenated alkanes) is 26. The normalized spacial score (nSPS) is 20.7. The lowest BCUT2D eigenvalue weighted by molar-refractivity contribution is -0.220. The summed E-state index contributed by atoms with van der Waals surface area (Å²) in [5, 5.41) is 50.4. The number of phosphoric acid groups is 1. The molecule has 1 aliphatic rings. The zero-order chi connectivity index (χ0) is 54.9. The van der Waals surface area contributed by atoms with Crippen LogP contribution in [0, 0.1) is 0 Å². The summed E-state index contributed by atoms with van der Waals surface area (Å²) in [4.78, 5) is 36.0. The van der Waals surface area contributed by atoms with Gasteiger partial charge in [-0.3, -0.25) is 18.6 Å². The van der Waals surface area contributed by atoms with Crippen LogP contribution in [-0.2, 0) is 32.7 Å². The van der Waals surface area contributed by atoms with Gasteiger partial charge in [-0.1, -0.05) is 222 Å². The van der Waals surface area contributed by atoms with Crippen molar-refractivity contribution < 1.29 is 63.1 Å². The van der Waals surface area contributed by atoms with E-state index < -0.39 is 75.7 Å². The maximum atomic E-state index is 12.9. The predicted octanol–water partition coefficient (Wildman–Crippen LogP) is 14.2. The molecule has 1 fully saturated rings. The molecule has 1 aliphatic carbocycles. The molecule has 1 saturated carbocycles. The lowest BCUT2D eigenvalue weighted by Crippen LogP contribution is -2.64. The Hall–Kier alpha value is -2.71. The number of carbonyl (C=O) groups excluding carboxylic acids is 2. The maximum Gasteiger partial charge on any atom is 0.472 e. The molecule has 0 aliphatic heterocycles. The zero-order valence-corrected chi connectivity index (χ0v) is 47.7. The molecular weight excluding hydrogens is 972 g/mol. The van der Waals surface area contributed by atoms with Crippen LogP contribution in [0.25, 0.3) is 0 Å². The van der Waals surface area contributed by atoms with Crippen molar-refractivity contribution in [1.82, 2.24) is 0 Å². The van der Waals surface area contributed by atoms with Crippen molar-refractivity contribution in [3.8, 4) is 0 Å². The smallest absolute Gasteiger partial charge is 0.462 e. The third-order valence-corrected chi connectivity index (χ3v) is 14.5. The number of esters is 2. The maximum absolute atomic E-state index is 12.9. The number of hydrogen-bond donors (Lipinski definition) is 6. The van der Waals surface area contributed by atoms with E-state index in [1.165, 1.54) is 116 Å². The first-order valence-electron chi connectivity index (χ1n) is 29.7. The highest BCUT2D eigenvalue weighted by Crippen LogP contribution is 2.47. The molecule has 6 unspecified atom stereocenters. The van der Waals surface area contributed by atoms with E-state index in [-0.39, 0.29) is 12.8 Å². The molecular formula is C61H107O13P. The number of ether oxygens (including phenoxy) is 2. The minimum absolute atomic E-state index is 0.0885. The molecule has 6 atom stereocenters. The van der Waals surface area contributed by atoms with E-state index in [0.29, 0.717) is 12.8 Å². The Kier molecular flexibility index (Phi) is 46.5. The van der Waals surface area contributed by atoms with E-state index in [1.807, 2.05) is 0 Å². The highest BCUT2D eigenvalue weighted by atomic mass is 31.2. The molecule has 0 saturated heterocycles. The molecule has 0 aromatic rings. The molecule has 75 heavy (non-hydrogen) atoms. The highest BCUT2D eigenvalue weighted by Gasteiger charge is 2.51. The Labute approximate surface area is 455 Å². The summed E-state index contributed by atoms with van der Waals surface area (Å²) in [7, 11) is -5.13. The van der Waals surface area contributed by atoms with Crippen LogP contribution in [0.2, 0.25) is 0 Å². The van der Waals surface area contributed by atoms with E-state index in [1.54, 1.807) is 0 Å². The molecule has 6 N–H and O–H groups in total. The fraction of sp³-hybridized carbons (Fsp3) is 0.770. The molecule has 0 heterocycles. The Morgan fingerprint density at radius 3 is 1.16 bits per heavy atom. The molecule has 0 radical (unpaired) electrons. The van der Waals surface area contributed by atoms with Gasteiger partial charge < -0.3 is 39.9 Å². The van der Waals surface area contributed by atoms with Crippen LogP contribution < -0.4 is 0 Å². The summed E-state index contributed by atoms with van der Waals surface area (Å²) in [5.74, 6) is -1.10. The Balaban J connectivity index is 2.32. The van der Waals surface area contributed by atoms with Crippen molar-refractivity contribution in [2.75, 3.05) is 13.2 Å². The van der Waals surface area contributed by atoms with Crippen molar-refractivity contribution in [1.29, 1.82) is 0 Å². The number of rotatable bonds is 50. The fourth-order valence-electron chi connectivity index (χ4n) is 8.84. The molecule has 0 aromatic heterocycles. The first-order chi connectivity index (χ1) is 36.4. The summed E-state index contributed by atoms with van der Waals surface area (Å²) in [6.07, 6.45) is 52.2. The minimum atomic E-state index is -5.13. The molecule has 13 nitrogen and oxygen atoms in total. The Morgan fingerprint density at radius 1 is 0.427 bits per heavy atom. The van der Waals surface area contributed by atoms with Crippen LogP contribution in [0.1, 0.15) is 245 Å². The fourth-order valence-corrected chi connectivity index (χ4v) is 9.81. The van der Waals surface area contributed by atoms with E-state index in [9.17, 15) is 44.6 Å². The van der Waals surface area contributed by atoms with Gasteiger partial charge >= 0.3 is 19.8 Å². The monoisotopic (exact) mass is 1080 g/mol. The van der Waals surface area contributed by atoms with Crippen LogP contribution >= 0.6 is 7.82 Å². The van der Waals surface area contributed by atoms with Crippen LogP contribution in [0.4, 0.5) is 0 Å². The van der Waals surface area contributed by atoms with E-state index in [4.69, 9.17) is 18.5 Å². The highest BCUT2D eigenvalue weighted by molar-refractivity contribution is 7.47. The van der Waals surface area contributed by atoms with Crippen LogP contribution in [-0.4, -0.2) is 98.3 Å². The first-order valence-corrected chi connectivity index (χ1v) is 31.2. The standard InChI is InChI=1S/C61H107O13P/c1-3-5-7-9-11-13-15-17-19-21-23-25-27-29-31-33-35-37-39-41-43-45-47-49-54(62)71-51-53(52-72-75(69,70)74-61-59(67)57(65)56(64)58(66)60(61)68)73-55(63)50-48-46-44-42-40-38-36-34-32-30-28-26-24-22-20-18-16-14-12-10-8-6-4-2/h6,8,12,14-15,17-18,20-21,23-24,26,53,56-61,64-68H,3-5,7,9-11,13,16,19,22,25,27-52H2,1-2H3,(H,69,70)/b8-6-,14-12-,17-15-,20-18-,23-21-,26-24-. The van der Waals surface area contributed by atoms with E-state index in [2.05, 4.69) is 86.8 Å². The average Bonchev–Trinajstić information content (AvgIpc) is 3.39. The summed E-state index contributed by atoms with van der Waals surface area (Å²) < 4.78 is 33.8. The molecule has 434 valence electrons. The van der Waals surface area contributed by atoms with Gasteiger partial charge in [-0.15, -0.1) is 0 Å². The summed E-state index contributed by atoms with van der Waals surface area (Å²) in [6.45, 7) is 3.22. The van der Waals surface area contributed by atoms with Crippen molar-refractivity contribution in [2.45, 2.75) is 288 Å². The SMILES string of the molecule is CC/C=C\C/C=C\C/C=C\C/C=C\CCCCCCCCCCCCC(=O)OC(COC(=O)CCCCCCCCCCCCC/C=C\C/C=C\CCCCCCC)COP(=O)(O)OC1C(O)C(O)C(O)C(O)C1O. The van der Waals surface area contributed by atoms with Crippen LogP contribution in [0.15, 0.2) is 72.9 Å². The minimum Gasteiger partial charge on any atom is -0.462 e. The predicted molar refractivity (Wildman–Crippen MR) is 304 cm³/mol. The van der Waals surface area contributed by atoms with Gasteiger partial charge in [-0.25, -0.2) is 4.57 Å². The van der Waals surface area contributed by atoms with Gasteiger partial charge in [-0.05, 0) is 83.5 Å². The van der Waals surface area contributed by atoms with Gasteiger partial charge in [0.25, 0.3) is 0 Å². The second-order valence-corrected chi connectivity index (χ2v) is 21.9. The number of aliphatic hydroxyl groups excluding tert-OH is 5. The van der Waals surface area contributed by atoms with E-state index >= 15 is 0 Å². The lowest BCUT2D eigenvalue weighted by atomic mass is 9.85. The van der Waals surface area contributed by atoms with Gasteiger partial charge in [0.05, 0.1) is 6.61 Å². The van der Waals surface area contributed by atoms with Crippen molar-refractivity contribution in [2.24, 2.45) is 0 Å². The average molecular weight is 1080 g/mol. The second kappa shape index (κ2) is 49.6. The van der Waals surface area contributed by atoms with Gasteiger partial charge in [0.1, 0.15) is 43.2 Å². The molecule has 0 spiro atoms. The molecule has 1 rings (SSSR count). The van der Waals surface area contributed by atoms with Crippen LogP contribution in [0.5, 0.6) is 0 Å². The molecule has 0 aromatic carbocycles. The number of carbonyl (C=O) groups is 2. The largest absolute Gasteiger partial charge is 0.472 e. The quantitative estimate of drug-likeness (QED) is 0.0145. The van der Waals surface area contributed by atoms with Gasteiger partial charge in [-0.2, -0.15) is 0 Å². The molecule has 0 amide bonds. The van der Waals surface area contributed by atoms with Crippen LogP contribution in [0.3, 0.4) is 0 Å². The summed E-state index contributed by atoms with van der Waals surface area (Å²) in [6, 6.07) is 0. The zero-order valence-electron chi connectivity index (χ0n) is 46.8. The Bertz CT molecular complexity index is 1580. The van der Waals surface area contributed by atoms with Gasteiger partial charge in [0, 0.05) is 12.8 Å². The number of aliphatic hydroxyl groups is 5. The first kappa shape index (κ1) is 70.3. The third-order valence-electron chi connectivity index (χ3n) is 13.5. The molecule has 14 heteroatoms. The van der Waals surface area contributed by atoms with Crippen molar-refractivity contribution >= 4 is 19.8 Å². The Morgan fingerprint density at radius 2 is 0.760 bits per heavy atom. The summed E-state index contributed by atoms with van der Waals surface area (Å²) in [5.41, 5.74) is 0. The second-order valence-electron chi connectivity index (χ2n) is 20.5. The summed E-state index contributed by atoms with van der Waals surface area (Å²) >= 11 is 0. The van der Waals surface area contributed by atoms with E-state index in [0.717, 1.165) is 89.9 Å². The number of hydrogen-bond acceptors (Lipinski definition) is 12. The third kappa shape index (κ3) is 41.1. The number of allylic oxidation sites excluding steroid dienone is 12.